The van der Waals surface area contributed by atoms with Crippen LogP contribution in [0.1, 0.15) is 201 Å². The standard InChI is InChI=1S/C35H70O2S/c1-4-6-8-10-12-14-16-17-18-19-20-21-23-25-27-29-31-37-35(36)33-34(3)38-32-30-28-26-24-22-15-13-11-9-7-5-2/h34H,4-33H2,1-3H3/t34-/m0/s1. The third-order valence-electron chi connectivity index (χ3n) is 7.87. The fourth-order valence-electron chi connectivity index (χ4n) is 5.24. The molecule has 0 aliphatic heterocycles. The van der Waals surface area contributed by atoms with Crippen molar-refractivity contribution < 1.29 is 9.53 Å². The van der Waals surface area contributed by atoms with E-state index in [2.05, 4.69) is 20.8 Å². The molecule has 1 atom stereocenters. The summed E-state index contributed by atoms with van der Waals surface area (Å²) in [6, 6.07) is 0. The molecule has 0 heterocycles. The third kappa shape index (κ3) is 32.0. The van der Waals surface area contributed by atoms with Crippen LogP contribution in [0.2, 0.25) is 0 Å². The van der Waals surface area contributed by atoms with E-state index in [-0.39, 0.29) is 5.97 Å². The van der Waals surface area contributed by atoms with Crippen molar-refractivity contribution in [1.82, 2.24) is 0 Å². The van der Waals surface area contributed by atoms with E-state index in [1.807, 2.05) is 11.8 Å². The fourth-order valence-corrected chi connectivity index (χ4v) is 6.27. The van der Waals surface area contributed by atoms with Gasteiger partial charge in [-0.15, -0.1) is 0 Å². The lowest BCUT2D eigenvalue weighted by Crippen LogP contribution is -2.12. The first kappa shape index (κ1) is 37.8. The lowest BCUT2D eigenvalue weighted by Gasteiger charge is -2.11. The topological polar surface area (TPSA) is 26.3 Å². The summed E-state index contributed by atoms with van der Waals surface area (Å²) in [5.41, 5.74) is 0. The first-order chi connectivity index (χ1) is 18.7. The molecule has 0 aliphatic rings. The van der Waals surface area contributed by atoms with Gasteiger partial charge < -0.3 is 4.74 Å². The summed E-state index contributed by atoms with van der Waals surface area (Å²) in [6.07, 6.45) is 37.8. The second kappa shape index (κ2) is 33.0. The molecule has 0 aromatic carbocycles. The van der Waals surface area contributed by atoms with E-state index in [0.717, 1.165) is 6.42 Å². The van der Waals surface area contributed by atoms with Gasteiger partial charge in [-0.3, -0.25) is 4.79 Å². The van der Waals surface area contributed by atoms with Gasteiger partial charge in [-0.2, -0.15) is 11.8 Å². The number of esters is 1. The zero-order valence-electron chi connectivity index (χ0n) is 26.5. The number of ether oxygens (including phenoxy) is 1. The molecule has 0 rings (SSSR count). The van der Waals surface area contributed by atoms with Crippen molar-refractivity contribution in [3.63, 3.8) is 0 Å². The Morgan fingerprint density at radius 2 is 0.816 bits per heavy atom. The molecule has 0 amide bonds. The number of hydrogen-bond acceptors (Lipinski definition) is 3. The van der Waals surface area contributed by atoms with Crippen molar-refractivity contribution in [3.05, 3.63) is 0 Å². The normalized spacial score (nSPS) is 12.2. The van der Waals surface area contributed by atoms with Crippen LogP contribution in [0, 0.1) is 0 Å². The molecule has 3 heteroatoms. The summed E-state index contributed by atoms with van der Waals surface area (Å²) in [4.78, 5) is 12.1. The molecule has 0 radical (unpaired) electrons. The van der Waals surface area contributed by atoms with Crippen LogP contribution in [0.25, 0.3) is 0 Å². The predicted octanol–water partition coefficient (Wildman–Crippen LogP) is 12.6. The Kier molecular flexibility index (Phi) is 32.9. The highest BCUT2D eigenvalue weighted by Crippen LogP contribution is 2.19. The number of hydrogen-bond donors (Lipinski definition) is 0. The quantitative estimate of drug-likeness (QED) is 0.0611. The monoisotopic (exact) mass is 555 g/mol. The molecule has 0 aromatic rings. The SMILES string of the molecule is CCCCCCCCCCCCCCCCCCOC(=O)C[C@H](C)SCCCCCCCCCCCCC. The van der Waals surface area contributed by atoms with Crippen LogP contribution in [-0.4, -0.2) is 23.6 Å². The average molecular weight is 555 g/mol. The lowest BCUT2D eigenvalue weighted by molar-refractivity contribution is -0.143. The minimum atomic E-state index is 0.00453. The molecular formula is C35H70O2S. The van der Waals surface area contributed by atoms with Crippen molar-refractivity contribution >= 4 is 17.7 Å². The maximum absolute atomic E-state index is 12.1. The van der Waals surface area contributed by atoms with Crippen molar-refractivity contribution in [2.45, 2.75) is 206 Å². The molecular weight excluding hydrogens is 484 g/mol. The Bertz CT molecular complexity index is 453. The molecule has 0 spiro atoms. The largest absolute Gasteiger partial charge is 0.466 e. The Labute approximate surface area is 245 Å². The summed E-state index contributed by atoms with van der Waals surface area (Å²) in [5, 5.41) is 0.386. The van der Waals surface area contributed by atoms with Crippen LogP contribution in [0.15, 0.2) is 0 Å². The number of unbranched alkanes of at least 4 members (excludes halogenated alkanes) is 25. The van der Waals surface area contributed by atoms with Crippen LogP contribution in [0.5, 0.6) is 0 Å². The minimum absolute atomic E-state index is 0.00453. The van der Waals surface area contributed by atoms with Gasteiger partial charge in [-0.25, -0.2) is 0 Å². The van der Waals surface area contributed by atoms with Crippen LogP contribution < -0.4 is 0 Å². The maximum Gasteiger partial charge on any atom is 0.306 e. The van der Waals surface area contributed by atoms with Gasteiger partial charge in [-0.1, -0.05) is 181 Å². The van der Waals surface area contributed by atoms with Crippen LogP contribution in [0.4, 0.5) is 0 Å². The molecule has 0 saturated heterocycles. The Morgan fingerprint density at radius 1 is 0.500 bits per heavy atom. The van der Waals surface area contributed by atoms with E-state index in [9.17, 15) is 4.79 Å². The zero-order valence-corrected chi connectivity index (χ0v) is 27.3. The number of rotatable bonds is 32. The summed E-state index contributed by atoms with van der Waals surface area (Å²) in [6.45, 7) is 7.37. The number of carbonyl (C=O) groups excluding carboxylic acids is 1. The highest BCUT2D eigenvalue weighted by molar-refractivity contribution is 7.99. The van der Waals surface area contributed by atoms with Gasteiger partial charge in [0.2, 0.25) is 0 Å². The molecule has 0 aliphatic carbocycles. The summed E-state index contributed by atoms with van der Waals surface area (Å²) in [5.74, 6) is 1.19. The molecule has 228 valence electrons. The molecule has 0 saturated carbocycles. The van der Waals surface area contributed by atoms with Gasteiger partial charge in [0.25, 0.3) is 0 Å². The van der Waals surface area contributed by atoms with Crippen molar-refractivity contribution in [2.75, 3.05) is 12.4 Å². The van der Waals surface area contributed by atoms with Gasteiger partial charge in [0.1, 0.15) is 0 Å². The molecule has 2 nitrogen and oxygen atoms in total. The second-order valence-corrected chi connectivity index (χ2v) is 13.5. The smallest absolute Gasteiger partial charge is 0.306 e. The van der Waals surface area contributed by atoms with E-state index in [1.54, 1.807) is 0 Å². The van der Waals surface area contributed by atoms with E-state index in [4.69, 9.17) is 4.74 Å². The van der Waals surface area contributed by atoms with Crippen LogP contribution >= 0.6 is 11.8 Å². The Balaban J connectivity index is 3.26. The van der Waals surface area contributed by atoms with Gasteiger partial charge in [0, 0.05) is 5.25 Å². The van der Waals surface area contributed by atoms with Crippen molar-refractivity contribution in [2.24, 2.45) is 0 Å². The maximum atomic E-state index is 12.1. The Hall–Kier alpha value is -0.180. The predicted molar refractivity (Wildman–Crippen MR) is 174 cm³/mol. The van der Waals surface area contributed by atoms with E-state index in [1.165, 1.54) is 173 Å². The molecule has 0 N–H and O–H groups in total. The lowest BCUT2D eigenvalue weighted by atomic mass is 10.0. The third-order valence-corrected chi connectivity index (χ3v) is 9.13. The van der Waals surface area contributed by atoms with E-state index >= 15 is 0 Å². The van der Waals surface area contributed by atoms with Gasteiger partial charge in [-0.05, 0) is 18.6 Å². The Morgan fingerprint density at radius 3 is 1.18 bits per heavy atom. The van der Waals surface area contributed by atoms with Crippen LogP contribution in [-0.2, 0) is 9.53 Å². The second-order valence-electron chi connectivity index (χ2n) is 11.9. The van der Waals surface area contributed by atoms with Gasteiger partial charge in [0.15, 0.2) is 0 Å². The number of thioether (sulfide) groups is 1. The molecule has 0 unspecified atom stereocenters. The molecule has 0 bridgehead atoms. The average Bonchev–Trinajstić information content (AvgIpc) is 2.91. The highest BCUT2D eigenvalue weighted by atomic mass is 32.2. The van der Waals surface area contributed by atoms with Crippen LogP contribution in [0.3, 0.4) is 0 Å². The molecule has 0 fully saturated rings. The van der Waals surface area contributed by atoms with Gasteiger partial charge in [0.05, 0.1) is 13.0 Å². The van der Waals surface area contributed by atoms with Crippen molar-refractivity contribution in [3.8, 4) is 0 Å². The molecule has 0 aromatic heterocycles. The van der Waals surface area contributed by atoms with E-state index < -0.39 is 0 Å². The first-order valence-electron chi connectivity index (χ1n) is 17.5. The van der Waals surface area contributed by atoms with Gasteiger partial charge >= 0.3 is 5.97 Å². The summed E-state index contributed by atoms with van der Waals surface area (Å²) < 4.78 is 5.49. The van der Waals surface area contributed by atoms with Crippen molar-refractivity contribution in [1.29, 1.82) is 0 Å². The number of carbonyl (C=O) groups is 1. The van der Waals surface area contributed by atoms with E-state index in [0.29, 0.717) is 18.3 Å². The first-order valence-corrected chi connectivity index (χ1v) is 18.5. The summed E-state index contributed by atoms with van der Waals surface area (Å²) >= 11 is 1.95. The fraction of sp³-hybridized carbons (Fsp3) is 0.971. The molecule has 38 heavy (non-hydrogen) atoms. The highest BCUT2D eigenvalue weighted by Gasteiger charge is 2.10. The minimum Gasteiger partial charge on any atom is -0.466 e. The zero-order chi connectivity index (χ0) is 27.8. The summed E-state index contributed by atoms with van der Waals surface area (Å²) in [7, 11) is 0.